The molecular formula is C10H18N2O5. The number of carbonyl (C=O) groups is 3. The van der Waals surface area contributed by atoms with E-state index in [1.165, 1.54) is 0 Å². The number of hydrogen-bond donors (Lipinski definition) is 4. The number of urea groups is 1. The second-order valence-electron chi connectivity index (χ2n) is 3.62. The molecule has 0 saturated heterocycles. The Hall–Kier alpha value is -1.79. The summed E-state index contributed by atoms with van der Waals surface area (Å²) in [5, 5.41) is 21.9. The molecule has 4 N–H and O–H groups in total. The minimum Gasteiger partial charge on any atom is -0.481 e. The lowest BCUT2D eigenvalue weighted by molar-refractivity contribution is -0.145. The molecule has 0 unspecified atom stereocenters. The number of carboxylic acids is 2. The summed E-state index contributed by atoms with van der Waals surface area (Å²) in [7, 11) is 0. The van der Waals surface area contributed by atoms with E-state index in [4.69, 9.17) is 10.2 Å². The van der Waals surface area contributed by atoms with Gasteiger partial charge < -0.3 is 20.8 Å². The van der Waals surface area contributed by atoms with Gasteiger partial charge in [0.2, 0.25) is 0 Å². The smallest absolute Gasteiger partial charge is 0.326 e. The first-order valence-electron chi connectivity index (χ1n) is 5.42. The Morgan fingerprint density at radius 3 is 1.94 bits per heavy atom. The van der Waals surface area contributed by atoms with E-state index in [1.807, 2.05) is 13.8 Å². The molecule has 98 valence electrons. The third-order valence-corrected chi connectivity index (χ3v) is 2.30. The van der Waals surface area contributed by atoms with Crippen LogP contribution in [0.3, 0.4) is 0 Å². The summed E-state index contributed by atoms with van der Waals surface area (Å²) in [6.07, 6.45) is 0.798. The summed E-state index contributed by atoms with van der Waals surface area (Å²) in [5.41, 5.74) is 0. The minimum atomic E-state index is -1.41. The number of aliphatic carboxylic acids is 2. The topological polar surface area (TPSA) is 116 Å². The van der Waals surface area contributed by atoms with Gasteiger partial charge in [-0.2, -0.15) is 0 Å². The zero-order valence-corrected chi connectivity index (χ0v) is 9.90. The first-order valence-corrected chi connectivity index (χ1v) is 5.42. The lowest BCUT2D eigenvalue weighted by atomic mass is 10.2. The van der Waals surface area contributed by atoms with Crippen LogP contribution in [0.5, 0.6) is 0 Å². The molecule has 0 aliphatic carbocycles. The minimum absolute atomic E-state index is 0.0470. The van der Waals surface area contributed by atoms with E-state index in [9.17, 15) is 14.4 Å². The average Bonchev–Trinajstić information content (AvgIpc) is 2.24. The predicted molar refractivity (Wildman–Crippen MR) is 59.7 cm³/mol. The standard InChI is InChI=1S/C10H18N2O5/c1-3-6(4-2)11-10(17)12-7(9(15)16)5-8(13)14/h6-7H,3-5H2,1-2H3,(H,13,14)(H,15,16)(H2,11,12,17)/t7-/m0/s1. The van der Waals surface area contributed by atoms with Gasteiger partial charge in [-0.05, 0) is 12.8 Å². The van der Waals surface area contributed by atoms with Crippen molar-refractivity contribution in [3.05, 3.63) is 0 Å². The van der Waals surface area contributed by atoms with E-state index in [2.05, 4.69) is 10.6 Å². The van der Waals surface area contributed by atoms with Crippen LogP contribution in [-0.4, -0.2) is 40.3 Å². The Kier molecular flexibility index (Phi) is 6.69. The summed E-state index contributed by atoms with van der Waals surface area (Å²) in [5.74, 6) is -2.65. The van der Waals surface area contributed by atoms with E-state index >= 15 is 0 Å². The molecule has 0 heterocycles. The Morgan fingerprint density at radius 2 is 1.59 bits per heavy atom. The van der Waals surface area contributed by atoms with Gasteiger partial charge in [0.25, 0.3) is 0 Å². The Labute approximate surface area is 99.2 Å². The van der Waals surface area contributed by atoms with Crippen LogP contribution in [0.4, 0.5) is 4.79 Å². The highest BCUT2D eigenvalue weighted by Gasteiger charge is 2.23. The maximum absolute atomic E-state index is 11.4. The first kappa shape index (κ1) is 15.2. The normalized spacial score (nSPS) is 11.9. The lowest BCUT2D eigenvalue weighted by Gasteiger charge is -2.18. The molecule has 17 heavy (non-hydrogen) atoms. The second kappa shape index (κ2) is 7.48. The van der Waals surface area contributed by atoms with Crippen LogP contribution in [0.1, 0.15) is 33.1 Å². The van der Waals surface area contributed by atoms with Crippen LogP contribution in [-0.2, 0) is 9.59 Å². The van der Waals surface area contributed by atoms with E-state index in [-0.39, 0.29) is 6.04 Å². The fourth-order valence-electron chi connectivity index (χ4n) is 1.25. The van der Waals surface area contributed by atoms with Gasteiger partial charge >= 0.3 is 18.0 Å². The Morgan fingerprint density at radius 1 is 1.06 bits per heavy atom. The zero-order valence-electron chi connectivity index (χ0n) is 9.90. The van der Waals surface area contributed by atoms with Crippen molar-refractivity contribution in [3.8, 4) is 0 Å². The molecule has 7 heteroatoms. The number of hydrogen-bond acceptors (Lipinski definition) is 3. The summed E-state index contributed by atoms with van der Waals surface area (Å²) < 4.78 is 0. The van der Waals surface area contributed by atoms with Crippen LogP contribution in [0, 0.1) is 0 Å². The highest BCUT2D eigenvalue weighted by Crippen LogP contribution is 1.97. The molecule has 0 fully saturated rings. The third kappa shape index (κ3) is 6.39. The summed E-state index contributed by atoms with van der Waals surface area (Å²) in [6, 6.07) is -2.12. The van der Waals surface area contributed by atoms with Gasteiger partial charge in [-0.3, -0.25) is 4.79 Å². The molecule has 7 nitrogen and oxygen atoms in total. The average molecular weight is 246 g/mol. The highest BCUT2D eigenvalue weighted by atomic mass is 16.4. The van der Waals surface area contributed by atoms with E-state index in [0.29, 0.717) is 0 Å². The maximum Gasteiger partial charge on any atom is 0.326 e. The van der Waals surface area contributed by atoms with Gasteiger partial charge in [-0.15, -0.1) is 0 Å². The van der Waals surface area contributed by atoms with Crippen molar-refractivity contribution < 1.29 is 24.6 Å². The maximum atomic E-state index is 11.4. The van der Waals surface area contributed by atoms with Gasteiger partial charge in [0, 0.05) is 6.04 Å². The molecule has 0 aliphatic rings. The quantitative estimate of drug-likeness (QED) is 0.519. The molecule has 0 saturated carbocycles. The molecule has 0 radical (unpaired) electrons. The molecule has 0 spiro atoms. The fraction of sp³-hybridized carbons (Fsp3) is 0.700. The van der Waals surface area contributed by atoms with Crippen LogP contribution in [0.25, 0.3) is 0 Å². The molecule has 0 aromatic carbocycles. The largest absolute Gasteiger partial charge is 0.481 e. The number of rotatable bonds is 7. The molecular weight excluding hydrogens is 228 g/mol. The summed E-state index contributed by atoms with van der Waals surface area (Å²) in [4.78, 5) is 32.5. The van der Waals surface area contributed by atoms with Gasteiger partial charge in [-0.25, -0.2) is 9.59 Å². The van der Waals surface area contributed by atoms with Crippen LogP contribution in [0.2, 0.25) is 0 Å². The number of nitrogens with one attached hydrogen (secondary N) is 2. The fourth-order valence-corrected chi connectivity index (χ4v) is 1.25. The summed E-state index contributed by atoms with van der Waals surface area (Å²) in [6.45, 7) is 3.78. The van der Waals surface area contributed by atoms with Crippen LogP contribution < -0.4 is 10.6 Å². The van der Waals surface area contributed by atoms with Gasteiger partial charge in [-0.1, -0.05) is 13.8 Å². The van der Waals surface area contributed by atoms with Crippen molar-refractivity contribution in [2.75, 3.05) is 0 Å². The van der Waals surface area contributed by atoms with Crippen LogP contribution >= 0.6 is 0 Å². The van der Waals surface area contributed by atoms with E-state index < -0.39 is 30.4 Å². The Bertz CT molecular complexity index is 288. The van der Waals surface area contributed by atoms with E-state index in [0.717, 1.165) is 12.8 Å². The number of carboxylic acid groups (broad SMARTS) is 2. The third-order valence-electron chi connectivity index (χ3n) is 2.30. The molecule has 0 aromatic heterocycles. The zero-order chi connectivity index (χ0) is 13.4. The number of amides is 2. The van der Waals surface area contributed by atoms with Crippen molar-refractivity contribution >= 4 is 18.0 Å². The molecule has 0 aromatic rings. The van der Waals surface area contributed by atoms with Gasteiger partial charge in [0.05, 0.1) is 6.42 Å². The number of carbonyl (C=O) groups excluding carboxylic acids is 1. The monoisotopic (exact) mass is 246 g/mol. The van der Waals surface area contributed by atoms with Gasteiger partial charge in [0.15, 0.2) is 0 Å². The molecule has 0 rings (SSSR count). The predicted octanol–water partition coefficient (Wildman–Crippen LogP) is 0.402. The molecule has 0 aliphatic heterocycles. The SMILES string of the molecule is CCC(CC)NC(=O)N[C@@H](CC(=O)O)C(=O)O. The molecule has 2 amide bonds. The van der Waals surface area contributed by atoms with Crippen LogP contribution in [0.15, 0.2) is 0 Å². The molecule has 1 atom stereocenters. The molecule has 0 bridgehead atoms. The van der Waals surface area contributed by atoms with Crippen molar-refractivity contribution in [1.82, 2.24) is 10.6 Å². The first-order chi connectivity index (χ1) is 7.90. The second-order valence-corrected chi connectivity index (χ2v) is 3.62. The lowest BCUT2D eigenvalue weighted by Crippen LogP contribution is -2.49. The summed E-state index contributed by atoms with van der Waals surface area (Å²) >= 11 is 0. The van der Waals surface area contributed by atoms with Crippen molar-refractivity contribution in [2.24, 2.45) is 0 Å². The van der Waals surface area contributed by atoms with Gasteiger partial charge in [0.1, 0.15) is 6.04 Å². The van der Waals surface area contributed by atoms with E-state index in [1.54, 1.807) is 0 Å². The van der Waals surface area contributed by atoms with Crippen molar-refractivity contribution in [2.45, 2.75) is 45.2 Å². The van der Waals surface area contributed by atoms with Crippen molar-refractivity contribution in [3.63, 3.8) is 0 Å². The highest BCUT2D eigenvalue weighted by molar-refractivity contribution is 5.86. The van der Waals surface area contributed by atoms with Crippen molar-refractivity contribution in [1.29, 1.82) is 0 Å². The Balaban J connectivity index is 4.30.